The van der Waals surface area contributed by atoms with Crippen LogP contribution < -0.4 is 5.73 Å². The number of hydrogen-bond acceptors (Lipinski definition) is 2. The van der Waals surface area contributed by atoms with Crippen LogP contribution in [0.15, 0.2) is 6.07 Å². The minimum atomic E-state index is 0.312. The van der Waals surface area contributed by atoms with E-state index >= 15 is 0 Å². The minimum Gasteiger partial charge on any atom is -0.508 e. The average molecular weight is 179 g/mol. The van der Waals surface area contributed by atoms with E-state index in [2.05, 4.69) is 13.8 Å². The molecule has 0 heterocycles. The Hall–Kier alpha value is -1.18. The zero-order valence-electron chi connectivity index (χ0n) is 8.52. The van der Waals surface area contributed by atoms with Crippen molar-refractivity contribution in [1.29, 1.82) is 0 Å². The van der Waals surface area contributed by atoms with Gasteiger partial charge in [-0.15, -0.1) is 0 Å². The fourth-order valence-corrected chi connectivity index (χ4v) is 1.79. The van der Waals surface area contributed by atoms with Crippen LogP contribution in [-0.4, -0.2) is 5.11 Å². The Morgan fingerprint density at radius 2 is 1.77 bits per heavy atom. The molecule has 0 spiro atoms. The first-order valence-corrected chi connectivity index (χ1v) is 4.71. The van der Waals surface area contributed by atoms with E-state index in [1.165, 1.54) is 11.1 Å². The van der Waals surface area contributed by atoms with Crippen molar-refractivity contribution in [2.24, 2.45) is 0 Å². The van der Waals surface area contributed by atoms with Gasteiger partial charge in [-0.3, -0.25) is 0 Å². The van der Waals surface area contributed by atoms with Crippen molar-refractivity contribution >= 4 is 5.69 Å². The van der Waals surface area contributed by atoms with Crippen LogP contribution in [-0.2, 0) is 12.8 Å². The first-order chi connectivity index (χ1) is 6.11. The predicted octanol–water partition coefficient (Wildman–Crippen LogP) is 2.41. The normalized spacial score (nSPS) is 10.4. The molecular weight excluding hydrogens is 162 g/mol. The molecule has 0 saturated carbocycles. The highest BCUT2D eigenvalue weighted by Gasteiger charge is 2.10. The number of nitrogen functional groups attached to an aromatic ring is 1. The standard InChI is InChI=1S/C11H17NO/c1-4-8-7(3)11(13)6-10(12)9(8)5-2/h6,13H,4-5,12H2,1-3H3. The number of aromatic hydroxyl groups is 1. The third kappa shape index (κ3) is 1.62. The van der Waals surface area contributed by atoms with Crippen LogP contribution in [0.5, 0.6) is 5.75 Å². The second kappa shape index (κ2) is 3.69. The Morgan fingerprint density at radius 3 is 2.23 bits per heavy atom. The number of phenols is 1. The average Bonchev–Trinajstić information content (AvgIpc) is 2.10. The Bertz CT molecular complexity index is 318. The van der Waals surface area contributed by atoms with Gasteiger partial charge in [-0.1, -0.05) is 13.8 Å². The molecule has 0 aliphatic carbocycles. The van der Waals surface area contributed by atoms with Crippen molar-refractivity contribution in [3.8, 4) is 5.75 Å². The van der Waals surface area contributed by atoms with Crippen LogP contribution in [0.25, 0.3) is 0 Å². The van der Waals surface area contributed by atoms with Gasteiger partial charge in [0, 0.05) is 11.8 Å². The molecule has 1 rings (SSSR count). The van der Waals surface area contributed by atoms with Gasteiger partial charge in [0.05, 0.1) is 0 Å². The lowest BCUT2D eigenvalue weighted by atomic mass is 9.95. The Morgan fingerprint density at radius 1 is 1.23 bits per heavy atom. The predicted molar refractivity (Wildman–Crippen MR) is 56.0 cm³/mol. The smallest absolute Gasteiger partial charge is 0.120 e. The second-order valence-electron chi connectivity index (χ2n) is 3.27. The van der Waals surface area contributed by atoms with E-state index in [1.54, 1.807) is 6.07 Å². The molecule has 0 aromatic heterocycles. The zero-order chi connectivity index (χ0) is 10.0. The number of nitrogens with two attached hydrogens (primary N) is 1. The summed E-state index contributed by atoms with van der Waals surface area (Å²) in [6.45, 7) is 6.11. The summed E-state index contributed by atoms with van der Waals surface area (Å²) in [6, 6.07) is 1.65. The Balaban J connectivity index is 3.41. The maximum absolute atomic E-state index is 9.55. The molecule has 1 aromatic rings. The lowest BCUT2D eigenvalue weighted by Crippen LogP contribution is -2.01. The first kappa shape index (κ1) is 9.90. The van der Waals surface area contributed by atoms with E-state index < -0.39 is 0 Å². The molecule has 13 heavy (non-hydrogen) atoms. The molecule has 3 N–H and O–H groups in total. The summed E-state index contributed by atoms with van der Waals surface area (Å²) in [6.07, 6.45) is 1.85. The molecule has 2 nitrogen and oxygen atoms in total. The van der Waals surface area contributed by atoms with Gasteiger partial charge in [0.25, 0.3) is 0 Å². The van der Waals surface area contributed by atoms with Crippen molar-refractivity contribution in [2.45, 2.75) is 33.6 Å². The van der Waals surface area contributed by atoms with Crippen molar-refractivity contribution in [1.82, 2.24) is 0 Å². The molecule has 0 amide bonds. The summed E-state index contributed by atoms with van der Waals surface area (Å²) >= 11 is 0. The second-order valence-corrected chi connectivity index (χ2v) is 3.27. The van der Waals surface area contributed by atoms with E-state index in [1.807, 2.05) is 6.92 Å². The van der Waals surface area contributed by atoms with Gasteiger partial charge in [-0.25, -0.2) is 0 Å². The topological polar surface area (TPSA) is 46.2 Å². The van der Waals surface area contributed by atoms with Gasteiger partial charge in [0.15, 0.2) is 0 Å². The summed E-state index contributed by atoms with van der Waals surface area (Å²) in [5.41, 5.74) is 9.87. The quantitative estimate of drug-likeness (QED) is 0.685. The Labute approximate surface area is 79.4 Å². The summed E-state index contributed by atoms with van der Waals surface area (Å²) in [4.78, 5) is 0. The van der Waals surface area contributed by atoms with E-state index in [-0.39, 0.29) is 0 Å². The molecule has 72 valence electrons. The fourth-order valence-electron chi connectivity index (χ4n) is 1.79. The van der Waals surface area contributed by atoms with Gasteiger partial charge in [0.1, 0.15) is 5.75 Å². The number of rotatable bonds is 2. The van der Waals surface area contributed by atoms with Crippen LogP contribution >= 0.6 is 0 Å². The highest BCUT2D eigenvalue weighted by molar-refractivity contribution is 5.59. The largest absolute Gasteiger partial charge is 0.508 e. The molecule has 2 heteroatoms. The summed E-state index contributed by atoms with van der Waals surface area (Å²) in [5.74, 6) is 0.312. The first-order valence-electron chi connectivity index (χ1n) is 4.71. The van der Waals surface area contributed by atoms with Crippen LogP contribution in [0.3, 0.4) is 0 Å². The fraction of sp³-hybridized carbons (Fsp3) is 0.455. The highest BCUT2D eigenvalue weighted by Crippen LogP contribution is 2.29. The number of anilines is 1. The van der Waals surface area contributed by atoms with E-state index in [4.69, 9.17) is 5.73 Å². The minimum absolute atomic E-state index is 0.312. The Kier molecular flexibility index (Phi) is 2.81. The maximum atomic E-state index is 9.55. The lowest BCUT2D eigenvalue weighted by molar-refractivity contribution is 0.470. The van der Waals surface area contributed by atoms with Crippen LogP contribution in [0.2, 0.25) is 0 Å². The molecular formula is C11H17NO. The number of hydrogen-bond donors (Lipinski definition) is 2. The molecule has 0 fully saturated rings. The highest BCUT2D eigenvalue weighted by atomic mass is 16.3. The monoisotopic (exact) mass is 179 g/mol. The molecule has 0 aliphatic heterocycles. The maximum Gasteiger partial charge on any atom is 0.120 e. The van der Waals surface area contributed by atoms with Gasteiger partial charge in [0.2, 0.25) is 0 Å². The molecule has 0 bridgehead atoms. The number of benzene rings is 1. The molecule has 1 aromatic carbocycles. The molecule has 0 saturated heterocycles. The van der Waals surface area contributed by atoms with Crippen LogP contribution in [0, 0.1) is 6.92 Å². The molecule has 0 aliphatic rings. The zero-order valence-corrected chi connectivity index (χ0v) is 8.52. The number of phenolic OH excluding ortho intramolecular Hbond substituents is 1. The van der Waals surface area contributed by atoms with Gasteiger partial charge >= 0.3 is 0 Å². The SMILES string of the molecule is CCc1c(N)cc(O)c(C)c1CC. The lowest BCUT2D eigenvalue weighted by Gasteiger charge is -2.13. The third-order valence-electron chi connectivity index (χ3n) is 2.55. The van der Waals surface area contributed by atoms with Gasteiger partial charge in [-0.2, -0.15) is 0 Å². The van der Waals surface area contributed by atoms with Gasteiger partial charge < -0.3 is 10.8 Å². The summed E-state index contributed by atoms with van der Waals surface area (Å²) in [5, 5.41) is 9.55. The van der Waals surface area contributed by atoms with Crippen molar-refractivity contribution in [3.05, 3.63) is 22.8 Å². The van der Waals surface area contributed by atoms with Crippen LogP contribution in [0.1, 0.15) is 30.5 Å². The van der Waals surface area contributed by atoms with Gasteiger partial charge in [-0.05, 0) is 36.5 Å². The van der Waals surface area contributed by atoms with Crippen molar-refractivity contribution in [3.63, 3.8) is 0 Å². The molecule has 0 unspecified atom stereocenters. The van der Waals surface area contributed by atoms with Crippen LogP contribution in [0.4, 0.5) is 5.69 Å². The van der Waals surface area contributed by atoms with Crippen molar-refractivity contribution < 1.29 is 5.11 Å². The summed E-state index contributed by atoms with van der Waals surface area (Å²) < 4.78 is 0. The summed E-state index contributed by atoms with van der Waals surface area (Å²) in [7, 11) is 0. The van der Waals surface area contributed by atoms with E-state index in [0.717, 1.165) is 18.4 Å². The molecule has 0 atom stereocenters. The molecule has 0 radical (unpaired) electrons. The third-order valence-corrected chi connectivity index (χ3v) is 2.55. The van der Waals surface area contributed by atoms with E-state index in [0.29, 0.717) is 11.4 Å². The van der Waals surface area contributed by atoms with Crippen molar-refractivity contribution in [2.75, 3.05) is 5.73 Å². The van der Waals surface area contributed by atoms with E-state index in [9.17, 15) is 5.11 Å².